The molecule has 0 atom stereocenters. The molecule has 1 N–H and O–H groups in total. The van der Waals surface area contributed by atoms with Gasteiger partial charge in [0, 0.05) is 15.8 Å². The second-order valence-corrected chi connectivity index (χ2v) is 4.84. The zero-order chi connectivity index (χ0) is 12.1. The van der Waals surface area contributed by atoms with Crippen LogP contribution in [0.3, 0.4) is 0 Å². The Balaban J connectivity index is 2.00. The van der Waals surface area contributed by atoms with Crippen LogP contribution in [0, 0.1) is 3.57 Å². The highest BCUT2D eigenvalue weighted by molar-refractivity contribution is 14.1. The number of ether oxygens (including phenoxy) is 1. The SMILES string of the molecule is COc1ccc(NCc2ccccc2I)cc1. The lowest BCUT2D eigenvalue weighted by molar-refractivity contribution is 0.415. The number of nitrogens with one attached hydrogen (secondary N) is 1. The van der Waals surface area contributed by atoms with Gasteiger partial charge in [-0.3, -0.25) is 0 Å². The van der Waals surface area contributed by atoms with E-state index in [2.05, 4.69) is 52.2 Å². The van der Waals surface area contributed by atoms with Gasteiger partial charge < -0.3 is 10.1 Å². The Morgan fingerprint density at radius 1 is 1.06 bits per heavy atom. The summed E-state index contributed by atoms with van der Waals surface area (Å²) in [5, 5.41) is 3.39. The summed E-state index contributed by atoms with van der Waals surface area (Å²) in [5.41, 5.74) is 2.41. The maximum absolute atomic E-state index is 5.12. The summed E-state index contributed by atoms with van der Waals surface area (Å²) in [6.07, 6.45) is 0. The van der Waals surface area contributed by atoms with E-state index in [1.807, 2.05) is 24.3 Å². The highest BCUT2D eigenvalue weighted by atomic mass is 127. The fourth-order valence-electron chi connectivity index (χ4n) is 1.55. The third-order valence-corrected chi connectivity index (χ3v) is 3.58. The summed E-state index contributed by atoms with van der Waals surface area (Å²) in [4.78, 5) is 0. The summed E-state index contributed by atoms with van der Waals surface area (Å²) >= 11 is 2.35. The molecule has 0 aliphatic rings. The van der Waals surface area contributed by atoms with E-state index in [0.29, 0.717) is 0 Å². The normalized spacial score (nSPS) is 10.0. The average molecular weight is 339 g/mol. The van der Waals surface area contributed by atoms with Crippen LogP contribution in [0.15, 0.2) is 48.5 Å². The molecule has 2 nitrogen and oxygen atoms in total. The second kappa shape index (κ2) is 5.91. The first-order valence-corrected chi connectivity index (χ1v) is 6.49. The van der Waals surface area contributed by atoms with Gasteiger partial charge >= 0.3 is 0 Å². The fourth-order valence-corrected chi connectivity index (χ4v) is 2.13. The predicted molar refractivity (Wildman–Crippen MR) is 79.5 cm³/mol. The quantitative estimate of drug-likeness (QED) is 0.853. The Labute approximate surface area is 115 Å². The molecule has 88 valence electrons. The van der Waals surface area contributed by atoms with E-state index in [1.165, 1.54) is 9.13 Å². The van der Waals surface area contributed by atoms with Crippen LogP contribution in [-0.4, -0.2) is 7.11 Å². The molecule has 2 aromatic carbocycles. The Morgan fingerprint density at radius 2 is 1.76 bits per heavy atom. The van der Waals surface area contributed by atoms with E-state index in [-0.39, 0.29) is 0 Å². The Bertz CT molecular complexity index is 482. The fraction of sp³-hybridized carbons (Fsp3) is 0.143. The molecule has 2 aromatic rings. The van der Waals surface area contributed by atoms with E-state index in [0.717, 1.165) is 18.0 Å². The van der Waals surface area contributed by atoms with Crippen LogP contribution in [0.4, 0.5) is 5.69 Å². The maximum Gasteiger partial charge on any atom is 0.119 e. The number of hydrogen-bond acceptors (Lipinski definition) is 2. The van der Waals surface area contributed by atoms with Crippen LogP contribution >= 0.6 is 22.6 Å². The molecule has 0 heterocycles. The van der Waals surface area contributed by atoms with Gasteiger partial charge in [0.2, 0.25) is 0 Å². The molecule has 0 spiro atoms. The van der Waals surface area contributed by atoms with Gasteiger partial charge in [-0.15, -0.1) is 0 Å². The largest absolute Gasteiger partial charge is 0.497 e. The van der Waals surface area contributed by atoms with Crippen LogP contribution in [0.25, 0.3) is 0 Å². The van der Waals surface area contributed by atoms with Gasteiger partial charge in [0.15, 0.2) is 0 Å². The molecular weight excluding hydrogens is 325 g/mol. The maximum atomic E-state index is 5.12. The number of halogens is 1. The first-order valence-electron chi connectivity index (χ1n) is 5.41. The number of benzene rings is 2. The molecule has 2 rings (SSSR count). The summed E-state index contributed by atoms with van der Waals surface area (Å²) < 4.78 is 6.41. The molecular formula is C14H14INO. The van der Waals surface area contributed by atoms with Crippen molar-refractivity contribution in [3.8, 4) is 5.75 Å². The van der Waals surface area contributed by atoms with Crippen LogP contribution in [0.2, 0.25) is 0 Å². The topological polar surface area (TPSA) is 21.3 Å². The van der Waals surface area contributed by atoms with E-state index < -0.39 is 0 Å². The minimum absolute atomic E-state index is 0.839. The average Bonchev–Trinajstić information content (AvgIpc) is 2.38. The molecule has 0 unspecified atom stereocenters. The lowest BCUT2D eigenvalue weighted by Gasteiger charge is -2.08. The molecule has 17 heavy (non-hydrogen) atoms. The molecule has 0 fully saturated rings. The Kier molecular flexibility index (Phi) is 4.25. The first kappa shape index (κ1) is 12.2. The van der Waals surface area contributed by atoms with Crippen LogP contribution in [0.5, 0.6) is 5.75 Å². The molecule has 0 aromatic heterocycles. The monoisotopic (exact) mass is 339 g/mol. The van der Waals surface area contributed by atoms with Crippen LogP contribution < -0.4 is 10.1 Å². The zero-order valence-electron chi connectivity index (χ0n) is 9.61. The van der Waals surface area contributed by atoms with E-state index in [9.17, 15) is 0 Å². The molecule has 0 saturated heterocycles. The van der Waals surface area contributed by atoms with Gasteiger partial charge in [0.25, 0.3) is 0 Å². The standard InChI is InChI=1S/C14H14INO/c1-17-13-8-6-12(7-9-13)16-10-11-4-2-3-5-14(11)15/h2-9,16H,10H2,1H3. The smallest absolute Gasteiger partial charge is 0.119 e. The highest BCUT2D eigenvalue weighted by Crippen LogP contribution is 2.17. The number of methoxy groups -OCH3 is 1. The number of rotatable bonds is 4. The molecule has 0 bridgehead atoms. The van der Waals surface area contributed by atoms with Gasteiger partial charge in [-0.25, -0.2) is 0 Å². The van der Waals surface area contributed by atoms with Crippen LogP contribution in [0.1, 0.15) is 5.56 Å². The van der Waals surface area contributed by atoms with Crippen LogP contribution in [-0.2, 0) is 6.54 Å². The van der Waals surface area contributed by atoms with Gasteiger partial charge in [-0.05, 0) is 58.5 Å². The van der Waals surface area contributed by atoms with Crippen molar-refractivity contribution in [3.05, 3.63) is 57.7 Å². The van der Waals surface area contributed by atoms with Crippen molar-refractivity contribution in [3.63, 3.8) is 0 Å². The Morgan fingerprint density at radius 3 is 2.41 bits per heavy atom. The third-order valence-electron chi connectivity index (χ3n) is 2.53. The number of anilines is 1. The van der Waals surface area contributed by atoms with Crippen molar-refractivity contribution < 1.29 is 4.74 Å². The Hall–Kier alpha value is -1.23. The van der Waals surface area contributed by atoms with E-state index in [4.69, 9.17) is 4.74 Å². The number of hydrogen-bond donors (Lipinski definition) is 1. The van der Waals surface area contributed by atoms with Gasteiger partial charge in [0.05, 0.1) is 7.11 Å². The molecule has 0 aliphatic carbocycles. The second-order valence-electron chi connectivity index (χ2n) is 3.67. The lowest BCUT2D eigenvalue weighted by atomic mass is 10.2. The van der Waals surface area contributed by atoms with E-state index in [1.54, 1.807) is 7.11 Å². The summed E-state index contributed by atoms with van der Waals surface area (Å²) in [6.45, 7) is 0.839. The zero-order valence-corrected chi connectivity index (χ0v) is 11.8. The van der Waals surface area contributed by atoms with Crippen molar-refractivity contribution in [1.29, 1.82) is 0 Å². The van der Waals surface area contributed by atoms with Crippen molar-refractivity contribution in [2.75, 3.05) is 12.4 Å². The lowest BCUT2D eigenvalue weighted by Crippen LogP contribution is -2.00. The van der Waals surface area contributed by atoms with Gasteiger partial charge in [0.1, 0.15) is 5.75 Å². The van der Waals surface area contributed by atoms with Crippen molar-refractivity contribution in [1.82, 2.24) is 0 Å². The highest BCUT2D eigenvalue weighted by Gasteiger charge is 1.98. The van der Waals surface area contributed by atoms with E-state index >= 15 is 0 Å². The first-order chi connectivity index (χ1) is 8.29. The molecule has 3 heteroatoms. The van der Waals surface area contributed by atoms with Gasteiger partial charge in [-0.2, -0.15) is 0 Å². The summed E-state index contributed by atoms with van der Waals surface area (Å²) in [7, 11) is 1.68. The minimum atomic E-state index is 0.839. The summed E-state index contributed by atoms with van der Waals surface area (Å²) in [5.74, 6) is 0.879. The predicted octanol–water partition coefficient (Wildman–Crippen LogP) is 3.91. The minimum Gasteiger partial charge on any atom is -0.497 e. The van der Waals surface area contributed by atoms with Gasteiger partial charge in [-0.1, -0.05) is 18.2 Å². The van der Waals surface area contributed by atoms with Crippen molar-refractivity contribution >= 4 is 28.3 Å². The molecule has 0 saturated carbocycles. The third kappa shape index (κ3) is 3.36. The van der Waals surface area contributed by atoms with Crippen molar-refractivity contribution in [2.45, 2.75) is 6.54 Å². The molecule has 0 aliphatic heterocycles. The molecule has 0 radical (unpaired) electrons. The summed E-state index contributed by atoms with van der Waals surface area (Å²) in [6, 6.07) is 16.3. The molecule has 0 amide bonds. The van der Waals surface area contributed by atoms with Crippen molar-refractivity contribution in [2.24, 2.45) is 0 Å².